The van der Waals surface area contributed by atoms with Gasteiger partial charge in [0.05, 0.1) is 6.10 Å². The first-order chi connectivity index (χ1) is 19.6. The molecule has 6 rings (SSSR count). The Kier molecular flexibility index (Phi) is 8.83. The van der Waals surface area contributed by atoms with Gasteiger partial charge in [0.25, 0.3) is 0 Å². The fourth-order valence-corrected chi connectivity index (χ4v) is 5.45. The first kappa shape index (κ1) is 28.5. The maximum absolute atomic E-state index is 10.9. The molecule has 0 saturated carbocycles. The molecule has 0 radical (unpaired) electrons. The summed E-state index contributed by atoms with van der Waals surface area (Å²) in [7, 11) is 0. The minimum absolute atomic E-state index is 0. The largest absolute Gasteiger partial charge is 0.390 e. The van der Waals surface area contributed by atoms with Crippen molar-refractivity contribution in [1.82, 2.24) is 24.4 Å². The third-order valence-electron chi connectivity index (χ3n) is 7.75. The second-order valence-corrected chi connectivity index (χ2v) is 10.4. The van der Waals surface area contributed by atoms with Gasteiger partial charge in [0.15, 0.2) is 17.0 Å². The number of aliphatic hydroxyl groups excluding tert-OH is 1. The summed E-state index contributed by atoms with van der Waals surface area (Å²) < 4.78 is 2.06. The topological polar surface area (TPSA) is 82.3 Å². The Morgan fingerprint density at radius 3 is 2.29 bits per heavy atom. The minimum atomic E-state index is -0.540. The highest BCUT2D eigenvalue weighted by Crippen LogP contribution is 2.30. The van der Waals surface area contributed by atoms with Gasteiger partial charge >= 0.3 is 0 Å². The van der Waals surface area contributed by atoms with Crippen LogP contribution in [0.1, 0.15) is 11.1 Å². The van der Waals surface area contributed by atoms with E-state index in [1.807, 2.05) is 60.7 Å². The number of rotatable bonds is 8. The van der Waals surface area contributed by atoms with Crippen LogP contribution in [0.15, 0.2) is 85.2 Å². The van der Waals surface area contributed by atoms with E-state index in [1.165, 1.54) is 16.8 Å². The van der Waals surface area contributed by atoms with Crippen LogP contribution in [0, 0.1) is 13.8 Å². The van der Waals surface area contributed by atoms with Crippen molar-refractivity contribution in [3.63, 3.8) is 0 Å². The van der Waals surface area contributed by atoms with Crippen LogP contribution >= 0.6 is 12.4 Å². The second-order valence-electron chi connectivity index (χ2n) is 10.4. The van der Waals surface area contributed by atoms with Gasteiger partial charge in [-0.1, -0.05) is 60.7 Å². The zero-order chi connectivity index (χ0) is 27.5. The van der Waals surface area contributed by atoms with Gasteiger partial charge in [-0.05, 0) is 43.2 Å². The molecule has 2 aromatic heterocycles. The molecular formula is C32H36ClN7O. The van der Waals surface area contributed by atoms with E-state index >= 15 is 0 Å². The van der Waals surface area contributed by atoms with Crippen LogP contribution in [0.4, 0.5) is 11.5 Å². The lowest BCUT2D eigenvalue weighted by Gasteiger charge is -2.37. The number of imidazole rings is 1. The summed E-state index contributed by atoms with van der Waals surface area (Å²) in [5.41, 5.74) is 7.37. The minimum Gasteiger partial charge on any atom is -0.390 e. The van der Waals surface area contributed by atoms with Gasteiger partial charge in [-0.25, -0.2) is 15.0 Å². The number of anilines is 2. The van der Waals surface area contributed by atoms with Crippen molar-refractivity contribution in [2.24, 2.45) is 0 Å². The fourth-order valence-electron chi connectivity index (χ4n) is 5.45. The molecule has 3 heterocycles. The molecule has 1 aliphatic heterocycles. The standard InChI is InChI=1S/C32H35N7O.ClH/c1-23-10-9-15-28(24(23)2)38-18-16-37(17-19-38)21-27(40)20-33-30-29-32(35-22-34-30)39(26-13-7-4-8-14-26)31(36-29)25-11-5-3-6-12-25;/h3-15,22,27,40H,16-21H2,1-2H3,(H,33,34,35);1H/t27-;/m0./s1. The van der Waals surface area contributed by atoms with E-state index in [4.69, 9.17) is 4.98 Å². The Bertz CT molecular complexity index is 1580. The van der Waals surface area contributed by atoms with Crippen molar-refractivity contribution >= 4 is 35.1 Å². The predicted molar refractivity (Wildman–Crippen MR) is 168 cm³/mol. The lowest BCUT2D eigenvalue weighted by molar-refractivity contribution is 0.118. The number of aromatic nitrogens is 4. The van der Waals surface area contributed by atoms with Crippen LogP contribution < -0.4 is 10.2 Å². The molecule has 9 heteroatoms. The zero-order valence-corrected chi connectivity index (χ0v) is 24.3. The highest BCUT2D eigenvalue weighted by atomic mass is 35.5. The van der Waals surface area contributed by atoms with Crippen LogP contribution in [0.3, 0.4) is 0 Å². The summed E-state index contributed by atoms with van der Waals surface area (Å²) >= 11 is 0. The van der Waals surface area contributed by atoms with Gasteiger partial charge < -0.3 is 15.3 Å². The Balaban J connectivity index is 0.00000337. The number of aryl methyl sites for hydroxylation is 1. The van der Waals surface area contributed by atoms with Gasteiger partial charge in [-0.3, -0.25) is 9.47 Å². The highest BCUT2D eigenvalue weighted by molar-refractivity contribution is 5.88. The highest BCUT2D eigenvalue weighted by Gasteiger charge is 2.22. The molecule has 2 N–H and O–H groups in total. The number of nitrogens with zero attached hydrogens (tertiary/aromatic N) is 6. The molecule has 212 valence electrons. The maximum atomic E-state index is 10.9. The molecule has 1 fully saturated rings. The maximum Gasteiger partial charge on any atom is 0.170 e. The third kappa shape index (κ3) is 6.05. The fraction of sp³-hybridized carbons (Fsp3) is 0.281. The molecule has 0 unspecified atom stereocenters. The molecule has 5 aromatic rings. The number of halogens is 1. The quantitative estimate of drug-likeness (QED) is 0.268. The summed E-state index contributed by atoms with van der Waals surface area (Å²) in [6.07, 6.45) is 1.02. The Morgan fingerprint density at radius 1 is 0.854 bits per heavy atom. The number of hydrogen-bond acceptors (Lipinski definition) is 7. The normalized spacial score (nSPS) is 14.6. The molecule has 3 aromatic carbocycles. The van der Waals surface area contributed by atoms with E-state index in [0.29, 0.717) is 24.4 Å². The van der Waals surface area contributed by atoms with E-state index in [-0.39, 0.29) is 12.4 Å². The zero-order valence-electron chi connectivity index (χ0n) is 23.4. The number of piperazine rings is 1. The van der Waals surface area contributed by atoms with Crippen LogP contribution in [-0.4, -0.2) is 74.9 Å². The number of fused-ring (bicyclic) bond motifs is 1. The van der Waals surface area contributed by atoms with Crippen molar-refractivity contribution in [3.05, 3.63) is 96.3 Å². The van der Waals surface area contributed by atoms with Crippen LogP contribution in [-0.2, 0) is 0 Å². The van der Waals surface area contributed by atoms with E-state index in [9.17, 15) is 5.11 Å². The summed E-state index contributed by atoms with van der Waals surface area (Å²) in [6, 6.07) is 26.7. The van der Waals surface area contributed by atoms with Gasteiger partial charge in [0.1, 0.15) is 12.2 Å². The number of para-hydroxylation sites is 1. The van der Waals surface area contributed by atoms with Crippen molar-refractivity contribution in [2.45, 2.75) is 20.0 Å². The first-order valence-corrected chi connectivity index (χ1v) is 13.9. The van der Waals surface area contributed by atoms with Gasteiger partial charge in [-0.2, -0.15) is 0 Å². The summed E-state index contributed by atoms with van der Waals surface area (Å²) in [5.74, 6) is 1.42. The van der Waals surface area contributed by atoms with Crippen molar-refractivity contribution < 1.29 is 5.11 Å². The second kappa shape index (κ2) is 12.7. The summed E-state index contributed by atoms with van der Waals surface area (Å²) in [5, 5.41) is 14.3. The van der Waals surface area contributed by atoms with E-state index in [2.05, 4.69) is 61.7 Å². The van der Waals surface area contributed by atoms with E-state index < -0.39 is 6.10 Å². The van der Waals surface area contributed by atoms with Gasteiger partial charge in [0.2, 0.25) is 0 Å². The monoisotopic (exact) mass is 569 g/mol. The smallest absolute Gasteiger partial charge is 0.170 e. The number of aliphatic hydroxyl groups is 1. The molecule has 8 nitrogen and oxygen atoms in total. The molecule has 0 spiro atoms. The Morgan fingerprint density at radius 2 is 1.56 bits per heavy atom. The van der Waals surface area contributed by atoms with Crippen LogP contribution in [0.25, 0.3) is 28.2 Å². The predicted octanol–water partition coefficient (Wildman–Crippen LogP) is 5.12. The molecular weight excluding hydrogens is 534 g/mol. The van der Waals surface area contributed by atoms with Crippen LogP contribution in [0.2, 0.25) is 0 Å². The van der Waals surface area contributed by atoms with Crippen molar-refractivity contribution in [3.8, 4) is 17.1 Å². The van der Waals surface area contributed by atoms with E-state index in [1.54, 1.807) is 6.33 Å². The van der Waals surface area contributed by atoms with Crippen molar-refractivity contribution in [2.75, 3.05) is 49.5 Å². The first-order valence-electron chi connectivity index (χ1n) is 13.9. The number of nitrogens with one attached hydrogen (secondary N) is 1. The van der Waals surface area contributed by atoms with Gasteiger partial charge in [-0.15, -0.1) is 12.4 Å². The summed E-state index contributed by atoms with van der Waals surface area (Å²) in [4.78, 5) is 18.9. The average molecular weight is 570 g/mol. The molecule has 0 bridgehead atoms. The number of benzene rings is 3. The molecule has 1 atom stereocenters. The average Bonchev–Trinajstić information content (AvgIpc) is 3.39. The molecule has 1 aliphatic rings. The third-order valence-corrected chi connectivity index (χ3v) is 7.75. The lowest BCUT2D eigenvalue weighted by Crippen LogP contribution is -2.49. The van der Waals surface area contributed by atoms with Gasteiger partial charge in [0, 0.05) is 56.2 Å². The van der Waals surface area contributed by atoms with Crippen LogP contribution in [0.5, 0.6) is 0 Å². The Labute approximate surface area is 247 Å². The van der Waals surface area contributed by atoms with Crippen molar-refractivity contribution in [1.29, 1.82) is 0 Å². The molecule has 0 aliphatic carbocycles. The lowest BCUT2D eigenvalue weighted by atomic mass is 10.1. The summed E-state index contributed by atoms with van der Waals surface area (Å²) in [6.45, 7) is 9.10. The Hall–Kier alpha value is -3.98. The molecule has 0 amide bonds. The SMILES string of the molecule is Cc1cccc(N2CCN(C[C@@H](O)CNc3ncnc4c3nc(-c3ccccc3)n4-c3ccccc3)CC2)c1C.Cl. The van der Waals surface area contributed by atoms with E-state index in [0.717, 1.165) is 48.9 Å². The molecule has 41 heavy (non-hydrogen) atoms. The number of β-amino-alcohol motifs (C(OH)–C–C–N with tert-alkyl or cyclic N) is 1. The number of hydrogen-bond donors (Lipinski definition) is 2. The molecule has 1 saturated heterocycles.